The zero-order chi connectivity index (χ0) is 13.5. The van der Waals surface area contributed by atoms with Crippen LogP contribution in [0.3, 0.4) is 0 Å². The highest BCUT2D eigenvalue weighted by Crippen LogP contribution is 2.16. The van der Waals surface area contributed by atoms with Gasteiger partial charge in [0, 0.05) is 18.7 Å². The summed E-state index contributed by atoms with van der Waals surface area (Å²) in [5, 5.41) is 0. The van der Waals surface area contributed by atoms with Crippen molar-refractivity contribution in [3.05, 3.63) is 29.8 Å². The third-order valence-electron chi connectivity index (χ3n) is 3.64. The highest BCUT2D eigenvalue weighted by Gasteiger charge is 2.15. The van der Waals surface area contributed by atoms with Crippen LogP contribution in [-0.4, -0.2) is 37.4 Å². The van der Waals surface area contributed by atoms with Crippen LogP contribution in [0.25, 0.3) is 0 Å². The van der Waals surface area contributed by atoms with E-state index in [-0.39, 0.29) is 12.4 Å². The lowest BCUT2D eigenvalue weighted by Crippen LogP contribution is -2.35. The Morgan fingerprint density at radius 3 is 2.75 bits per heavy atom. The van der Waals surface area contributed by atoms with Gasteiger partial charge in [0.15, 0.2) is 0 Å². The lowest BCUT2D eigenvalue weighted by atomic mass is 10.0. The van der Waals surface area contributed by atoms with Gasteiger partial charge in [-0.25, -0.2) is 0 Å². The molecule has 1 aromatic carbocycles. The van der Waals surface area contributed by atoms with Crippen LogP contribution in [-0.2, 0) is 0 Å². The molecule has 0 bridgehead atoms. The third-order valence-corrected chi connectivity index (χ3v) is 3.64. The summed E-state index contributed by atoms with van der Waals surface area (Å²) in [5.74, 6) is 1.68. The van der Waals surface area contributed by atoms with E-state index in [1.54, 1.807) is 12.1 Å². The van der Waals surface area contributed by atoms with Crippen LogP contribution < -0.4 is 4.74 Å². The molecule has 1 unspecified atom stereocenters. The summed E-state index contributed by atoms with van der Waals surface area (Å²) in [5.41, 5.74) is 0.689. The molecule has 1 aliphatic rings. The van der Waals surface area contributed by atoms with E-state index >= 15 is 0 Å². The predicted octanol–water partition coefficient (Wildman–Crippen LogP) is 3.42. The Hall–Kier alpha value is -1.06. The van der Waals surface area contributed by atoms with Gasteiger partial charge < -0.3 is 9.64 Å². The molecule has 3 nitrogen and oxygen atoms in total. The zero-order valence-corrected chi connectivity index (χ0v) is 12.9. The van der Waals surface area contributed by atoms with Crippen molar-refractivity contribution in [3.63, 3.8) is 0 Å². The summed E-state index contributed by atoms with van der Waals surface area (Å²) < 4.78 is 5.68. The number of likely N-dealkylation sites (tertiary alicyclic amines) is 1. The Balaban J connectivity index is 0.00000200. The molecule has 1 aliphatic heterocycles. The number of rotatable bonds is 6. The number of hydrogen-bond donors (Lipinski definition) is 0. The van der Waals surface area contributed by atoms with Crippen molar-refractivity contribution < 1.29 is 9.53 Å². The molecule has 1 aromatic rings. The van der Waals surface area contributed by atoms with E-state index in [1.807, 2.05) is 12.1 Å². The molecule has 0 N–H and O–H groups in total. The molecule has 0 amide bonds. The fraction of sp³-hybridized carbons (Fsp3) is 0.562. The minimum Gasteiger partial charge on any atom is -0.494 e. The monoisotopic (exact) mass is 297 g/mol. The summed E-state index contributed by atoms with van der Waals surface area (Å²) in [4.78, 5) is 13.1. The average molecular weight is 298 g/mol. The highest BCUT2D eigenvalue weighted by atomic mass is 35.5. The molecular formula is C16H24ClNO2. The molecule has 0 aromatic heterocycles. The summed E-state index contributed by atoms with van der Waals surface area (Å²) in [6, 6.07) is 7.28. The molecule has 1 atom stereocenters. The molecular weight excluding hydrogens is 274 g/mol. The Bertz CT molecular complexity index is 394. The normalized spacial score (nSPS) is 19.1. The van der Waals surface area contributed by atoms with Crippen molar-refractivity contribution in [3.8, 4) is 5.75 Å². The second kappa shape index (κ2) is 8.98. The fourth-order valence-corrected chi connectivity index (χ4v) is 2.61. The average Bonchev–Trinajstić information content (AvgIpc) is 2.44. The van der Waals surface area contributed by atoms with Crippen molar-refractivity contribution in [2.75, 3.05) is 26.2 Å². The van der Waals surface area contributed by atoms with E-state index in [0.717, 1.165) is 37.5 Å². The van der Waals surface area contributed by atoms with Gasteiger partial charge in [-0.1, -0.05) is 6.92 Å². The number of halogens is 1. The van der Waals surface area contributed by atoms with Gasteiger partial charge in [-0.3, -0.25) is 4.79 Å². The van der Waals surface area contributed by atoms with Crippen LogP contribution >= 0.6 is 12.4 Å². The Morgan fingerprint density at radius 1 is 1.35 bits per heavy atom. The van der Waals surface area contributed by atoms with Gasteiger partial charge in [-0.05, 0) is 56.0 Å². The lowest BCUT2D eigenvalue weighted by molar-refractivity contribution is 0.112. The molecule has 4 heteroatoms. The predicted molar refractivity (Wildman–Crippen MR) is 84.0 cm³/mol. The third kappa shape index (κ3) is 5.51. The van der Waals surface area contributed by atoms with Gasteiger partial charge in [-0.2, -0.15) is 0 Å². The number of benzene rings is 1. The molecule has 1 fully saturated rings. The van der Waals surface area contributed by atoms with Crippen molar-refractivity contribution >= 4 is 18.7 Å². The summed E-state index contributed by atoms with van der Waals surface area (Å²) in [6.45, 7) is 6.66. The summed E-state index contributed by atoms with van der Waals surface area (Å²) in [7, 11) is 0. The minimum atomic E-state index is 0. The topological polar surface area (TPSA) is 29.5 Å². The lowest BCUT2D eigenvalue weighted by Gasteiger charge is -2.30. The van der Waals surface area contributed by atoms with Crippen LogP contribution in [0, 0.1) is 5.92 Å². The summed E-state index contributed by atoms with van der Waals surface area (Å²) in [6.07, 6.45) is 4.61. The first-order chi connectivity index (χ1) is 9.28. The van der Waals surface area contributed by atoms with E-state index in [0.29, 0.717) is 5.56 Å². The molecule has 1 heterocycles. The molecule has 1 saturated heterocycles. The van der Waals surface area contributed by atoms with Crippen molar-refractivity contribution in [1.29, 1.82) is 0 Å². The second-order valence-corrected chi connectivity index (χ2v) is 5.44. The van der Waals surface area contributed by atoms with Crippen LogP contribution in [0.2, 0.25) is 0 Å². The Kier molecular flexibility index (Phi) is 7.63. The first-order valence-electron chi connectivity index (χ1n) is 7.18. The van der Waals surface area contributed by atoms with Gasteiger partial charge in [0.05, 0.1) is 6.61 Å². The highest BCUT2D eigenvalue weighted by molar-refractivity contribution is 5.85. The number of nitrogens with zero attached hydrogens (tertiary/aromatic N) is 1. The number of piperidine rings is 1. The fourth-order valence-electron chi connectivity index (χ4n) is 2.61. The molecule has 112 valence electrons. The molecule has 2 rings (SSSR count). The van der Waals surface area contributed by atoms with Crippen LogP contribution in [0.5, 0.6) is 5.75 Å². The van der Waals surface area contributed by atoms with Crippen LogP contribution in [0.15, 0.2) is 24.3 Å². The molecule has 20 heavy (non-hydrogen) atoms. The first-order valence-corrected chi connectivity index (χ1v) is 7.18. The maximum Gasteiger partial charge on any atom is 0.150 e. The standard InChI is InChI=1S/C16H23NO2.ClH/c1-14-4-2-9-17(12-14)10-3-11-19-16-7-5-15(13-18)6-8-16;/h5-8,13-14H,2-4,9-12H2,1H3;1H. The number of carbonyl (C=O) groups is 1. The summed E-state index contributed by atoms with van der Waals surface area (Å²) >= 11 is 0. The number of aldehydes is 1. The van der Waals surface area contributed by atoms with Crippen molar-refractivity contribution in [2.45, 2.75) is 26.2 Å². The van der Waals surface area contributed by atoms with E-state index in [2.05, 4.69) is 11.8 Å². The zero-order valence-electron chi connectivity index (χ0n) is 12.1. The largest absolute Gasteiger partial charge is 0.494 e. The van der Waals surface area contributed by atoms with Crippen molar-refractivity contribution in [1.82, 2.24) is 4.90 Å². The van der Waals surface area contributed by atoms with Gasteiger partial charge in [-0.15, -0.1) is 12.4 Å². The number of carbonyl (C=O) groups excluding carboxylic acids is 1. The van der Waals surface area contributed by atoms with Gasteiger partial charge in [0.2, 0.25) is 0 Å². The van der Waals surface area contributed by atoms with Crippen LogP contribution in [0.1, 0.15) is 36.5 Å². The Labute approximate surface area is 127 Å². The molecule has 0 spiro atoms. The van der Waals surface area contributed by atoms with Gasteiger partial charge >= 0.3 is 0 Å². The number of ether oxygens (including phenoxy) is 1. The maximum absolute atomic E-state index is 10.5. The molecule has 0 aliphatic carbocycles. The van der Waals surface area contributed by atoms with E-state index in [1.165, 1.54) is 25.9 Å². The number of hydrogen-bond acceptors (Lipinski definition) is 3. The SMILES string of the molecule is CC1CCCN(CCCOc2ccc(C=O)cc2)C1.Cl. The maximum atomic E-state index is 10.5. The van der Waals surface area contributed by atoms with Crippen molar-refractivity contribution in [2.24, 2.45) is 5.92 Å². The van der Waals surface area contributed by atoms with Gasteiger partial charge in [0.1, 0.15) is 12.0 Å². The molecule has 0 radical (unpaired) electrons. The first kappa shape index (κ1) is 17.0. The quantitative estimate of drug-likeness (QED) is 0.595. The smallest absolute Gasteiger partial charge is 0.150 e. The molecule has 0 saturated carbocycles. The van der Waals surface area contributed by atoms with E-state index in [9.17, 15) is 4.79 Å². The Morgan fingerprint density at radius 2 is 2.10 bits per heavy atom. The van der Waals surface area contributed by atoms with Gasteiger partial charge in [0.25, 0.3) is 0 Å². The minimum absolute atomic E-state index is 0. The van der Waals surface area contributed by atoms with Crippen LogP contribution in [0.4, 0.5) is 0 Å². The van der Waals surface area contributed by atoms with E-state index < -0.39 is 0 Å². The second-order valence-electron chi connectivity index (χ2n) is 5.44. The van der Waals surface area contributed by atoms with E-state index in [4.69, 9.17) is 4.74 Å².